The second-order valence-electron chi connectivity index (χ2n) is 2.27. The summed E-state index contributed by atoms with van der Waals surface area (Å²) < 4.78 is 8.62. The van der Waals surface area contributed by atoms with Crippen molar-refractivity contribution in [3.05, 3.63) is 34.2 Å². The normalized spacial score (nSPS) is 10.6. The zero-order valence-corrected chi connectivity index (χ0v) is 7.98. The number of allylic oxidation sites excluding steroid dienone is 2. The van der Waals surface area contributed by atoms with E-state index in [4.69, 9.17) is 0 Å². The Morgan fingerprint density at radius 1 is 1.64 bits per heavy atom. The number of carbonyl (C=O) groups is 1. The maximum Gasteiger partial charge on any atom is 0.513 e. The molecule has 0 aromatic carbocycles. The monoisotopic (exact) mass is 201 g/mol. The summed E-state index contributed by atoms with van der Waals surface area (Å²) in [5.74, 6) is -0.120. The summed E-state index contributed by atoms with van der Waals surface area (Å²) in [7, 11) is 1.13. The van der Waals surface area contributed by atoms with E-state index in [-0.39, 0.29) is 17.9 Å². The number of carbonyl (C=O) groups excluding carboxylic acids is 1. The van der Waals surface area contributed by atoms with E-state index in [0.717, 1.165) is 13.2 Å². The van der Waals surface area contributed by atoms with Gasteiger partial charge in [0.05, 0.1) is 18.1 Å². The lowest BCUT2D eigenvalue weighted by molar-refractivity contribution is -0.427. The summed E-state index contributed by atoms with van der Waals surface area (Å²) in [5, 5.41) is 10.3. The molecule has 0 aromatic heterocycles. The fourth-order valence-corrected chi connectivity index (χ4v) is 0.648. The van der Waals surface area contributed by atoms with Crippen molar-refractivity contribution in [2.75, 3.05) is 7.11 Å². The molecule has 0 spiro atoms. The third kappa shape index (κ3) is 4.24. The molecule has 0 bridgehead atoms. The van der Waals surface area contributed by atoms with E-state index in [1.54, 1.807) is 6.92 Å². The highest BCUT2D eigenvalue weighted by Crippen LogP contribution is 2.07. The number of rotatable bonds is 4. The first-order chi connectivity index (χ1) is 6.51. The Morgan fingerprint density at radius 3 is 2.57 bits per heavy atom. The molecule has 6 nitrogen and oxygen atoms in total. The maximum atomic E-state index is 10.6. The van der Waals surface area contributed by atoms with Crippen LogP contribution in [0.15, 0.2) is 24.1 Å². The third-order valence-electron chi connectivity index (χ3n) is 1.31. The molecule has 0 saturated heterocycles. The SMILES string of the molecule is C=C(/C=C(\CC)[N+](=O)[O-])OC(=O)OC. The third-order valence-corrected chi connectivity index (χ3v) is 1.31. The summed E-state index contributed by atoms with van der Waals surface area (Å²) in [5.41, 5.74) is -0.0843. The number of hydrogen-bond donors (Lipinski definition) is 0. The molecule has 78 valence electrons. The highest BCUT2D eigenvalue weighted by atomic mass is 16.7. The van der Waals surface area contributed by atoms with E-state index in [1.165, 1.54) is 0 Å². The molecule has 0 amide bonds. The van der Waals surface area contributed by atoms with Crippen molar-refractivity contribution in [1.29, 1.82) is 0 Å². The average Bonchev–Trinajstić information content (AvgIpc) is 2.13. The lowest BCUT2D eigenvalue weighted by Gasteiger charge is -2.00. The van der Waals surface area contributed by atoms with Crippen molar-refractivity contribution in [1.82, 2.24) is 0 Å². The molecule has 14 heavy (non-hydrogen) atoms. The molecule has 0 saturated carbocycles. The first-order valence-corrected chi connectivity index (χ1v) is 3.81. The van der Waals surface area contributed by atoms with Crippen molar-refractivity contribution >= 4 is 6.16 Å². The van der Waals surface area contributed by atoms with Gasteiger partial charge in [-0.25, -0.2) is 4.79 Å². The van der Waals surface area contributed by atoms with Gasteiger partial charge in [0.15, 0.2) is 0 Å². The topological polar surface area (TPSA) is 78.7 Å². The molecule has 6 heteroatoms. The maximum absolute atomic E-state index is 10.6. The minimum Gasteiger partial charge on any atom is -0.437 e. The number of methoxy groups -OCH3 is 1. The zero-order chi connectivity index (χ0) is 11.1. The van der Waals surface area contributed by atoms with Gasteiger partial charge in [0, 0.05) is 6.42 Å². The van der Waals surface area contributed by atoms with Crippen LogP contribution in [0.3, 0.4) is 0 Å². The molecule has 0 aliphatic carbocycles. The molecule has 0 aliphatic rings. The lowest BCUT2D eigenvalue weighted by atomic mass is 10.3. The van der Waals surface area contributed by atoms with Crippen LogP contribution >= 0.6 is 0 Å². The van der Waals surface area contributed by atoms with E-state index < -0.39 is 11.1 Å². The molecule has 0 rings (SSSR count). The second-order valence-corrected chi connectivity index (χ2v) is 2.27. The Hall–Kier alpha value is -1.85. The molecule has 0 fully saturated rings. The Balaban J connectivity index is 4.40. The van der Waals surface area contributed by atoms with Crippen LogP contribution in [0.2, 0.25) is 0 Å². The molecule has 0 heterocycles. The lowest BCUT2D eigenvalue weighted by Crippen LogP contribution is -2.04. The van der Waals surface area contributed by atoms with Crippen LogP contribution in [0.1, 0.15) is 13.3 Å². The van der Waals surface area contributed by atoms with Gasteiger partial charge in [-0.05, 0) is 0 Å². The van der Waals surface area contributed by atoms with Gasteiger partial charge in [-0.3, -0.25) is 10.1 Å². The molecule has 0 N–H and O–H groups in total. The zero-order valence-electron chi connectivity index (χ0n) is 7.98. The Kier molecular flexibility index (Phi) is 4.98. The molecule has 0 radical (unpaired) electrons. The van der Waals surface area contributed by atoms with E-state index in [0.29, 0.717) is 0 Å². The largest absolute Gasteiger partial charge is 0.513 e. The Bertz CT molecular complexity index is 281. The van der Waals surface area contributed by atoms with Crippen LogP contribution in [-0.4, -0.2) is 18.2 Å². The standard InChI is InChI=1S/C8H11NO5/c1-4-7(9(11)12)5-6(2)14-8(10)13-3/h5H,2,4H2,1,3H3/b7-5+. The molecular formula is C8H11NO5. The molecular weight excluding hydrogens is 190 g/mol. The van der Waals surface area contributed by atoms with Gasteiger partial charge in [-0.2, -0.15) is 0 Å². The van der Waals surface area contributed by atoms with E-state index >= 15 is 0 Å². The van der Waals surface area contributed by atoms with Crippen LogP contribution in [-0.2, 0) is 9.47 Å². The van der Waals surface area contributed by atoms with Gasteiger partial charge < -0.3 is 9.47 Å². The molecule has 0 aromatic rings. The van der Waals surface area contributed by atoms with Crippen LogP contribution in [0.4, 0.5) is 4.79 Å². The van der Waals surface area contributed by atoms with Crippen molar-refractivity contribution in [2.24, 2.45) is 0 Å². The number of nitrogens with zero attached hydrogens (tertiary/aromatic N) is 1. The first kappa shape index (κ1) is 12.2. The number of ether oxygens (including phenoxy) is 2. The summed E-state index contributed by atoms with van der Waals surface area (Å²) in [6, 6.07) is 0. The highest BCUT2D eigenvalue weighted by molar-refractivity contribution is 5.61. The van der Waals surface area contributed by atoms with E-state index in [2.05, 4.69) is 16.1 Å². The van der Waals surface area contributed by atoms with Gasteiger partial charge >= 0.3 is 6.16 Å². The fourth-order valence-electron chi connectivity index (χ4n) is 0.648. The average molecular weight is 201 g/mol. The number of nitro groups is 1. The van der Waals surface area contributed by atoms with Gasteiger partial charge in [0.25, 0.3) is 0 Å². The predicted molar refractivity (Wildman–Crippen MR) is 48.0 cm³/mol. The fraction of sp³-hybridized carbons (Fsp3) is 0.375. The van der Waals surface area contributed by atoms with Crippen LogP contribution in [0, 0.1) is 10.1 Å². The summed E-state index contributed by atoms with van der Waals surface area (Å²) in [4.78, 5) is 20.3. The van der Waals surface area contributed by atoms with Crippen molar-refractivity contribution in [2.45, 2.75) is 13.3 Å². The number of hydrogen-bond acceptors (Lipinski definition) is 5. The summed E-state index contributed by atoms with van der Waals surface area (Å²) in [6.45, 7) is 4.92. The molecule has 0 aliphatic heterocycles. The molecule has 0 atom stereocenters. The highest BCUT2D eigenvalue weighted by Gasteiger charge is 2.10. The van der Waals surface area contributed by atoms with Gasteiger partial charge in [-0.15, -0.1) is 0 Å². The van der Waals surface area contributed by atoms with Crippen molar-refractivity contribution < 1.29 is 19.2 Å². The van der Waals surface area contributed by atoms with Gasteiger partial charge in [0.1, 0.15) is 5.76 Å². The van der Waals surface area contributed by atoms with Crippen LogP contribution in [0.5, 0.6) is 0 Å². The van der Waals surface area contributed by atoms with E-state index in [9.17, 15) is 14.9 Å². The Labute approximate surface area is 81.0 Å². The second kappa shape index (κ2) is 5.74. The first-order valence-electron chi connectivity index (χ1n) is 3.81. The van der Waals surface area contributed by atoms with Crippen LogP contribution in [0.25, 0.3) is 0 Å². The summed E-state index contributed by atoms with van der Waals surface area (Å²) >= 11 is 0. The molecule has 0 unspecified atom stereocenters. The van der Waals surface area contributed by atoms with E-state index in [1.807, 2.05) is 0 Å². The minimum absolute atomic E-state index is 0.0843. The summed E-state index contributed by atoms with van der Waals surface area (Å²) in [6.07, 6.45) is 0.345. The van der Waals surface area contributed by atoms with Crippen LogP contribution < -0.4 is 0 Å². The van der Waals surface area contributed by atoms with Crippen molar-refractivity contribution in [3.63, 3.8) is 0 Å². The quantitative estimate of drug-likeness (QED) is 0.228. The smallest absolute Gasteiger partial charge is 0.437 e. The van der Waals surface area contributed by atoms with Crippen molar-refractivity contribution in [3.8, 4) is 0 Å². The Morgan fingerprint density at radius 2 is 2.21 bits per heavy atom. The predicted octanol–water partition coefficient (Wildman–Crippen LogP) is 1.85. The van der Waals surface area contributed by atoms with Gasteiger partial charge in [-0.1, -0.05) is 13.5 Å². The minimum atomic E-state index is -0.954. The van der Waals surface area contributed by atoms with Gasteiger partial charge in [0.2, 0.25) is 5.70 Å².